The van der Waals surface area contributed by atoms with Crippen molar-refractivity contribution in [3.8, 4) is 5.75 Å². The van der Waals surface area contributed by atoms with Crippen LogP contribution in [0.4, 0.5) is 5.69 Å². The summed E-state index contributed by atoms with van der Waals surface area (Å²) in [4.78, 5) is 15.9. The molecule has 3 aliphatic heterocycles. The highest BCUT2D eigenvalue weighted by atomic mass is 16.5. The van der Waals surface area contributed by atoms with Crippen molar-refractivity contribution in [1.82, 2.24) is 5.32 Å². The molecule has 2 aromatic rings. The maximum absolute atomic E-state index is 13.6. The summed E-state index contributed by atoms with van der Waals surface area (Å²) >= 11 is 0. The van der Waals surface area contributed by atoms with E-state index in [1.807, 2.05) is 39.0 Å². The van der Waals surface area contributed by atoms with E-state index in [0.717, 1.165) is 23.4 Å². The van der Waals surface area contributed by atoms with Crippen LogP contribution in [0.1, 0.15) is 58.1 Å². The summed E-state index contributed by atoms with van der Waals surface area (Å²) in [7, 11) is 0. The van der Waals surface area contributed by atoms with Crippen molar-refractivity contribution in [2.75, 3.05) is 4.90 Å². The second kappa shape index (κ2) is 5.31. The highest BCUT2D eigenvalue weighted by molar-refractivity contribution is 5.91. The molecule has 1 N–H and O–H groups in total. The van der Waals surface area contributed by atoms with Gasteiger partial charge in [-0.25, -0.2) is 0 Å². The molecule has 146 valence electrons. The molecule has 0 aliphatic carbocycles. The first-order valence-electron chi connectivity index (χ1n) is 10.1. The summed E-state index contributed by atoms with van der Waals surface area (Å²) < 4.78 is 6.79. The van der Waals surface area contributed by atoms with Gasteiger partial charge >= 0.3 is 0 Å². The van der Waals surface area contributed by atoms with Crippen molar-refractivity contribution in [2.45, 2.75) is 69.7 Å². The standard InChI is InChI=1S/C24H28N2O2/c1-22(2,3)25-21(27)20-16-14-24(28-19-13-9-6-10-15(16)19)23(4,5)17-11-7-8-12-18(17)26(20)24/h6-13,16,20H,14H2,1-5H3,(H,25,27)/t16-,20-,24+/m1/s1. The lowest BCUT2D eigenvalue weighted by molar-refractivity contribution is -0.124. The number of rotatable bonds is 1. The molecular weight excluding hydrogens is 348 g/mol. The highest BCUT2D eigenvalue weighted by Gasteiger charge is 2.70. The number of amides is 1. The van der Waals surface area contributed by atoms with Gasteiger partial charge in [0.25, 0.3) is 0 Å². The number of nitrogens with zero attached hydrogens (tertiary/aromatic N) is 1. The van der Waals surface area contributed by atoms with Crippen LogP contribution in [-0.2, 0) is 10.2 Å². The molecule has 0 aromatic heterocycles. The number of benzene rings is 2. The molecular formula is C24H28N2O2. The topological polar surface area (TPSA) is 41.6 Å². The Morgan fingerprint density at radius 3 is 2.54 bits per heavy atom. The molecule has 4 heteroatoms. The van der Waals surface area contributed by atoms with Crippen LogP contribution in [0.3, 0.4) is 0 Å². The van der Waals surface area contributed by atoms with Gasteiger partial charge in [-0.3, -0.25) is 4.79 Å². The fourth-order valence-electron chi connectivity index (χ4n) is 5.54. The van der Waals surface area contributed by atoms with Gasteiger partial charge in [0.05, 0.1) is 5.41 Å². The van der Waals surface area contributed by atoms with E-state index >= 15 is 0 Å². The molecule has 0 saturated carbocycles. The maximum Gasteiger partial charge on any atom is 0.243 e. The molecule has 4 nitrogen and oxygen atoms in total. The number of fused-ring (bicyclic) bond motifs is 5. The van der Waals surface area contributed by atoms with Crippen molar-refractivity contribution in [1.29, 1.82) is 0 Å². The van der Waals surface area contributed by atoms with E-state index in [4.69, 9.17) is 4.74 Å². The number of carbonyl (C=O) groups is 1. The van der Waals surface area contributed by atoms with Gasteiger partial charge in [0.2, 0.25) is 5.91 Å². The first-order valence-corrected chi connectivity index (χ1v) is 10.1. The number of hydrogen-bond acceptors (Lipinski definition) is 3. The molecule has 3 atom stereocenters. The third-order valence-electron chi connectivity index (χ3n) is 6.72. The minimum Gasteiger partial charge on any atom is -0.467 e. The zero-order valence-electron chi connectivity index (χ0n) is 17.2. The molecule has 1 fully saturated rings. The monoisotopic (exact) mass is 376 g/mol. The van der Waals surface area contributed by atoms with Crippen LogP contribution in [0.25, 0.3) is 0 Å². The van der Waals surface area contributed by atoms with E-state index in [0.29, 0.717) is 0 Å². The van der Waals surface area contributed by atoms with E-state index in [-0.39, 0.29) is 28.8 Å². The molecule has 5 rings (SSSR count). The Balaban J connectivity index is 1.73. The molecule has 1 amide bonds. The third kappa shape index (κ3) is 2.09. The van der Waals surface area contributed by atoms with Gasteiger partial charge in [-0.05, 0) is 52.3 Å². The van der Waals surface area contributed by atoms with Crippen LogP contribution < -0.4 is 15.0 Å². The Bertz CT molecular complexity index is 975. The lowest BCUT2D eigenvalue weighted by Crippen LogP contribution is -2.60. The van der Waals surface area contributed by atoms with Gasteiger partial charge in [-0.2, -0.15) is 0 Å². The number of nitrogens with one attached hydrogen (secondary N) is 1. The summed E-state index contributed by atoms with van der Waals surface area (Å²) in [5.41, 5.74) is 2.46. The third-order valence-corrected chi connectivity index (χ3v) is 6.72. The second-order valence-corrected chi connectivity index (χ2v) is 9.93. The van der Waals surface area contributed by atoms with Gasteiger partial charge in [0.1, 0.15) is 11.8 Å². The van der Waals surface area contributed by atoms with E-state index in [1.54, 1.807) is 0 Å². The zero-order chi connectivity index (χ0) is 19.9. The fourth-order valence-corrected chi connectivity index (χ4v) is 5.54. The molecule has 0 unspecified atom stereocenters. The van der Waals surface area contributed by atoms with Crippen molar-refractivity contribution in [2.24, 2.45) is 0 Å². The minimum atomic E-state index is -0.546. The Hall–Kier alpha value is -2.49. The van der Waals surface area contributed by atoms with E-state index < -0.39 is 5.72 Å². The maximum atomic E-state index is 13.6. The molecule has 2 bridgehead atoms. The van der Waals surface area contributed by atoms with Crippen molar-refractivity contribution < 1.29 is 9.53 Å². The smallest absolute Gasteiger partial charge is 0.243 e. The van der Waals surface area contributed by atoms with Crippen molar-refractivity contribution >= 4 is 11.6 Å². The van der Waals surface area contributed by atoms with Gasteiger partial charge in [-0.1, -0.05) is 36.4 Å². The Kier molecular flexibility index (Phi) is 3.34. The molecule has 0 radical (unpaired) electrons. The van der Waals surface area contributed by atoms with Crippen molar-refractivity contribution in [3.05, 3.63) is 59.7 Å². The minimum absolute atomic E-state index is 0.0761. The number of hydrogen-bond donors (Lipinski definition) is 1. The van der Waals surface area contributed by atoms with Crippen LogP contribution in [0, 0.1) is 0 Å². The fraction of sp³-hybridized carbons (Fsp3) is 0.458. The number of anilines is 1. The summed E-state index contributed by atoms with van der Waals surface area (Å²) in [6, 6.07) is 16.4. The quantitative estimate of drug-likeness (QED) is 0.805. The van der Waals surface area contributed by atoms with E-state index in [1.165, 1.54) is 5.56 Å². The Labute approximate surface area is 166 Å². The van der Waals surface area contributed by atoms with Crippen LogP contribution in [0.2, 0.25) is 0 Å². The average Bonchev–Trinajstić information content (AvgIpc) is 3.00. The van der Waals surface area contributed by atoms with Crippen LogP contribution in [0.5, 0.6) is 5.75 Å². The first kappa shape index (κ1) is 17.6. The van der Waals surface area contributed by atoms with E-state index in [2.05, 4.69) is 54.4 Å². The van der Waals surface area contributed by atoms with Gasteiger partial charge in [-0.15, -0.1) is 0 Å². The van der Waals surface area contributed by atoms with Crippen molar-refractivity contribution in [3.63, 3.8) is 0 Å². The van der Waals surface area contributed by atoms with Gasteiger partial charge in [0.15, 0.2) is 5.72 Å². The molecule has 3 heterocycles. The predicted octanol–water partition coefficient (Wildman–Crippen LogP) is 4.34. The molecule has 1 saturated heterocycles. The van der Waals surface area contributed by atoms with Gasteiger partial charge in [0, 0.05) is 29.1 Å². The molecule has 3 aliphatic rings. The summed E-state index contributed by atoms with van der Waals surface area (Å²) in [6.45, 7) is 10.6. The highest BCUT2D eigenvalue weighted by Crippen LogP contribution is 2.64. The average molecular weight is 377 g/mol. The molecule has 28 heavy (non-hydrogen) atoms. The summed E-state index contributed by atoms with van der Waals surface area (Å²) in [6.07, 6.45) is 0.813. The lowest BCUT2D eigenvalue weighted by Gasteiger charge is -2.45. The predicted molar refractivity (Wildman–Crippen MR) is 111 cm³/mol. The Morgan fingerprint density at radius 2 is 1.79 bits per heavy atom. The largest absolute Gasteiger partial charge is 0.467 e. The second-order valence-electron chi connectivity index (χ2n) is 9.93. The summed E-state index contributed by atoms with van der Waals surface area (Å²) in [5, 5.41) is 3.24. The first-order chi connectivity index (χ1) is 13.2. The van der Waals surface area contributed by atoms with Gasteiger partial charge < -0.3 is 15.0 Å². The molecule has 1 spiro atoms. The zero-order valence-corrected chi connectivity index (χ0v) is 17.2. The number of ether oxygens (including phenoxy) is 1. The van der Waals surface area contributed by atoms with Crippen LogP contribution >= 0.6 is 0 Å². The normalized spacial score (nSPS) is 28.8. The summed E-state index contributed by atoms with van der Waals surface area (Å²) in [5.74, 6) is 1.10. The SMILES string of the molecule is CC(C)(C)NC(=O)[C@H]1[C@@H]2C[C@@]3(Oc4ccccc42)N1c1ccccc1C3(C)C. The van der Waals surface area contributed by atoms with Crippen LogP contribution in [-0.4, -0.2) is 23.2 Å². The Morgan fingerprint density at radius 1 is 1.11 bits per heavy atom. The lowest BCUT2D eigenvalue weighted by atomic mass is 9.73. The molecule has 2 aromatic carbocycles. The number of para-hydroxylation sites is 2. The number of carbonyl (C=O) groups excluding carboxylic acids is 1. The van der Waals surface area contributed by atoms with E-state index in [9.17, 15) is 4.79 Å². The van der Waals surface area contributed by atoms with Crippen LogP contribution in [0.15, 0.2) is 48.5 Å².